The highest BCUT2D eigenvalue weighted by molar-refractivity contribution is 9.10. The second-order valence-electron chi connectivity index (χ2n) is 4.87. The van der Waals surface area contributed by atoms with Gasteiger partial charge in [0.25, 0.3) is 5.89 Å². The van der Waals surface area contributed by atoms with Gasteiger partial charge >= 0.3 is 0 Å². The molecule has 0 bridgehead atoms. The van der Waals surface area contributed by atoms with Crippen LogP contribution in [-0.4, -0.2) is 20.1 Å². The molecule has 23 heavy (non-hydrogen) atoms. The molecule has 3 heterocycles. The van der Waals surface area contributed by atoms with E-state index in [1.807, 2.05) is 6.07 Å². The minimum Gasteiger partial charge on any atom is -0.348 e. The average Bonchev–Trinajstić information content (AvgIpc) is 3.14. The van der Waals surface area contributed by atoms with Crippen LogP contribution < -0.4 is 5.56 Å². The van der Waals surface area contributed by atoms with Gasteiger partial charge in [0.1, 0.15) is 5.69 Å². The second kappa shape index (κ2) is 5.17. The Kier molecular flexibility index (Phi) is 3.12. The van der Waals surface area contributed by atoms with Crippen LogP contribution in [0.4, 0.5) is 4.39 Å². The van der Waals surface area contributed by atoms with Crippen molar-refractivity contribution in [3.8, 4) is 23.0 Å². The molecule has 1 aromatic carbocycles. The molecule has 0 saturated carbocycles. The van der Waals surface area contributed by atoms with Gasteiger partial charge in [-0.3, -0.25) is 4.79 Å². The van der Waals surface area contributed by atoms with E-state index >= 15 is 0 Å². The number of hydrogen-bond donors (Lipinski definition) is 2. The first-order valence-corrected chi connectivity index (χ1v) is 7.41. The molecule has 6 nitrogen and oxygen atoms in total. The van der Waals surface area contributed by atoms with Crippen molar-refractivity contribution in [2.24, 2.45) is 0 Å². The van der Waals surface area contributed by atoms with Gasteiger partial charge in [-0.1, -0.05) is 21.1 Å². The maximum Gasteiger partial charge on any atom is 0.277 e. The molecule has 0 spiro atoms. The van der Waals surface area contributed by atoms with E-state index in [0.717, 1.165) is 4.47 Å². The summed E-state index contributed by atoms with van der Waals surface area (Å²) >= 11 is 3.31. The fourth-order valence-corrected chi connectivity index (χ4v) is 2.63. The summed E-state index contributed by atoms with van der Waals surface area (Å²) in [6, 6.07) is 8.15. The van der Waals surface area contributed by atoms with Gasteiger partial charge in [0, 0.05) is 33.2 Å². The summed E-state index contributed by atoms with van der Waals surface area (Å²) in [4.78, 5) is 20.7. The summed E-state index contributed by atoms with van der Waals surface area (Å²) < 4.78 is 20.4. The molecule has 2 N–H and O–H groups in total. The molecule has 0 fully saturated rings. The number of fused-ring (bicyclic) bond motifs is 1. The SMILES string of the molecule is O=c1ccc(-c2noc(-c3[nH]c4ccc(Br)cc4c3F)n2)c[nH]1. The van der Waals surface area contributed by atoms with Crippen molar-refractivity contribution in [2.45, 2.75) is 0 Å². The normalized spacial score (nSPS) is 11.2. The fraction of sp³-hybridized carbons (Fsp3) is 0. The van der Waals surface area contributed by atoms with E-state index in [4.69, 9.17) is 4.52 Å². The van der Waals surface area contributed by atoms with Crippen LogP contribution in [0.3, 0.4) is 0 Å². The van der Waals surface area contributed by atoms with Crippen LogP contribution in [0.1, 0.15) is 0 Å². The number of aromatic nitrogens is 4. The zero-order valence-corrected chi connectivity index (χ0v) is 13.0. The molecular weight excluding hydrogens is 367 g/mol. The van der Waals surface area contributed by atoms with Crippen molar-refractivity contribution >= 4 is 26.8 Å². The molecule has 3 aromatic heterocycles. The van der Waals surface area contributed by atoms with Crippen molar-refractivity contribution in [3.63, 3.8) is 0 Å². The topological polar surface area (TPSA) is 87.6 Å². The van der Waals surface area contributed by atoms with Crippen molar-refractivity contribution in [1.29, 1.82) is 0 Å². The quantitative estimate of drug-likeness (QED) is 0.562. The Morgan fingerprint density at radius 2 is 2.09 bits per heavy atom. The maximum atomic E-state index is 14.5. The van der Waals surface area contributed by atoms with Gasteiger partial charge in [0.2, 0.25) is 11.4 Å². The zero-order valence-electron chi connectivity index (χ0n) is 11.4. The van der Waals surface area contributed by atoms with Gasteiger partial charge in [0.15, 0.2) is 5.82 Å². The number of H-pyrrole nitrogens is 2. The summed E-state index contributed by atoms with van der Waals surface area (Å²) in [5.41, 5.74) is 1.09. The highest BCUT2D eigenvalue weighted by atomic mass is 79.9. The molecule has 0 unspecified atom stereocenters. The lowest BCUT2D eigenvalue weighted by Crippen LogP contribution is -2.01. The predicted octanol–water partition coefficient (Wildman–Crippen LogP) is 3.47. The lowest BCUT2D eigenvalue weighted by Gasteiger charge is -1.91. The minimum atomic E-state index is -0.460. The maximum absolute atomic E-state index is 14.5. The Bertz CT molecular complexity index is 1060. The van der Waals surface area contributed by atoms with E-state index < -0.39 is 5.82 Å². The van der Waals surface area contributed by atoms with Gasteiger partial charge < -0.3 is 14.5 Å². The second-order valence-corrected chi connectivity index (χ2v) is 5.78. The van der Waals surface area contributed by atoms with Crippen LogP contribution in [-0.2, 0) is 0 Å². The standard InChI is InChI=1S/C15H8BrFN4O2/c16-8-2-3-10-9(5-8)12(17)13(19-10)15-20-14(21-23-15)7-1-4-11(22)18-6-7/h1-6,19H,(H,18,22). The number of pyridine rings is 1. The first-order valence-electron chi connectivity index (χ1n) is 6.62. The summed E-state index contributed by atoms with van der Waals surface area (Å²) in [6.45, 7) is 0. The molecule has 8 heteroatoms. The number of halogens is 2. The lowest BCUT2D eigenvalue weighted by molar-refractivity contribution is 0.429. The number of hydrogen-bond acceptors (Lipinski definition) is 4. The summed E-state index contributed by atoms with van der Waals surface area (Å²) in [7, 11) is 0. The van der Waals surface area contributed by atoms with Gasteiger partial charge in [-0.05, 0) is 24.3 Å². The third-order valence-electron chi connectivity index (χ3n) is 3.38. The summed E-state index contributed by atoms with van der Waals surface area (Å²) in [6.07, 6.45) is 1.47. The van der Waals surface area contributed by atoms with Crippen molar-refractivity contribution < 1.29 is 8.91 Å². The van der Waals surface area contributed by atoms with E-state index in [1.165, 1.54) is 12.3 Å². The Labute approximate surface area is 136 Å². The molecule has 0 aliphatic carbocycles. The number of aromatic amines is 2. The van der Waals surface area contributed by atoms with E-state index in [9.17, 15) is 9.18 Å². The monoisotopic (exact) mass is 374 g/mol. The minimum absolute atomic E-state index is 0.0380. The third kappa shape index (κ3) is 2.36. The van der Waals surface area contributed by atoms with Gasteiger partial charge in [-0.15, -0.1) is 0 Å². The molecular formula is C15H8BrFN4O2. The number of nitrogens with one attached hydrogen (secondary N) is 2. The van der Waals surface area contributed by atoms with Crippen molar-refractivity contribution in [3.05, 3.63) is 57.2 Å². The van der Waals surface area contributed by atoms with E-state index in [0.29, 0.717) is 16.5 Å². The largest absolute Gasteiger partial charge is 0.348 e. The highest BCUT2D eigenvalue weighted by Gasteiger charge is 2.19. The van der Waals surface area contributed by atoms with Gasteiger partial charge in [-0.25, -0.2) is 4.39 Å². The molecule has 0 saturated heterocycles. The van der Waals surface area contributed by atoms with Crippen LogP contribution in [0, 0.1) is 5.82 Å². The Morgan fingerprint density at radius 3 is 2.87 bits per heavy atom. The Balaban J connectivity index is 1.81. The number of nitrogens with zero attached hydrogens (tertiary/aromatic N) is 2. The summed E-state index contributed by atoms with van der Waals surface area (Å²) in [5.74, 6) is -0.163. The third-order valence-corrected chi connectivity index (χ3v) is 3.87. The number of rotatable bonds is 2. The van der Waals surface area contributed by atoms with Crippen LogP contribution in [0.2, 0.25) is 0 Å². The first-order chi connectivity index (χ1) is 11.1. The fourth-order valence-electron chi connectivity index (χ4n) is 2.27. The van der Waals surface area contributed by atoms with Crippen LogP contribution in [0.15, 0.2) is 50.3 Å². The predicted molar refractivity (Wildman–Crippen MR) is 85.3 cm³/mol. The molecule has 0 aliphatic heterocycles. The van der Waals surface area contributed by atoms with E-state index in [1.54, 1.807) is 18.2 Å². The van der Waals surface area contributed by atoms with Crippen LogP contribution in [0.5, 0.6) is 0 Å². The van der Waals surface area contributed by atoms with Crippen LogP contribution >= 0.6 is 15.9 Å². The molecule has 4 rings (SSSR count). The van der Waals surface area contributed by atoms with Crippen LogP contribution in [0.25, 0.3) is 33.9 Å². The van der Waals surface area contributed by atoms with Crippen molar-refractivity contribution in [1.82, 2.24) is 20.1 Å². The lowest BCUT2D eigenvalue weighted by atomic mass is 10.2. The van der Waals surface area contributed by atoms with E-state index in [2.05, 4.69) is 36.0 Å². The smallest absolute Gasteiger partial charge is 0.277 e. The molecule has 114 valence electrons. The highest BCUT2D eigenvalue weighted by Crippen LogP contribution is 2.30. The van der Waals surface area contributed by atoms with Gasteiger partial charge in [-0.2, -0.15) is 4.98 Å². The molecule has 0 amide bonds. The van der Waals surface area contributed by atoms with Crippen molar-refractivity contribution in [2.75, 3.05) is 0 Å². The van der Waals surface area contributed by atoms with E-state index in [-0.39, 0.29) is 23.0 Å². The molecule has 4 aromatic rings. The summed E-state index contributed by atoms with van der Waals surface area (Å²) in [5, 5.41) is 4.25. The Morgan fingerprint density at radius 1 is 1.22 bits per heavy atom. The molecule has 0 atom stereocenters. The first kappa shape index (κ1) is 13.9. The molecule has 0 aliphatic rings. The average molecular weight is 375 g/mol. The zero-order chi connectivity index (χ0) is 16.0. The number of benzene rings is 1. The van der Waals surface area contributed by atoms with Gasteiger partial charge in [0.05, 0.1) is 0 Å². The molecule has 0 radical (unpaired) electrons. The Hall–Kier alpha value is -2.74.